The summed E-state index contributed by atoms with van der Waals surface area (Å²) in [5, 5.41) is 2.66. The highest BCUT2D eigenvalue weighted by molar-refractivity contribution is 7.80. The van der Waals surface area contributed by atoms with Gasteiger partial charge in [0.25, 0.3) is 11.8 Å². The zero-order valence-electron chi connectivity index (χ0n) is 20.8. The minimum absolute atomic E-state index is 0.0290. The smallest absolute Gasteiger partial charge is 0.270 e. The first kappa shape index (κ1) is 24.5. The zero-order valence-corrected chi connectivity index (χ0v) is 21.6. The molecule has 0 atom stereocenters. The van der Waals surface area contributed by atoms with Crippen molar-refractivity contribution in [2.45, 2.75) is 33.2 Å². The third-order valence-corrected chi connectivity index (χ3v) is 6.66. The highest BCUT2D eigenvalue weighted by Gasteiger charge is 2.35. The van der Waals surface area contributed by atoms with E-state index in [1.807, 2.05) is 26.1 Å². The molecule has 0 unspecified atom stereocenters. The van der Waals surface area contributed by atoms with Crippen LogP contribution in [0, 0.1) is 0 Å². The summed E-state index contributed by atoms with van der Waals surface area (Å²) in [6.07, 6.45) is 3.76. The van der Waals surface area contributed by atoms with Crippen LogP contribution < -0.4 is 24.6 Å². The van der Waals surface area contributed by atoms with Gasteiger partial charge in [0.2, 0.25) is 0 Å². The standard InChI is InChI=1S/C27H29N3O4S/c1-7-34-19-10-8-18(9-11-19)30-25(32)21(24(31)28-26(30)35)13-17-12-20-16(2)15-27(3,4)29(5)22(20)14-23(17)33-6/h8-15H,7H2,1-6H3,(H,28,31,35)/b21-13-. The SMILES string of the molecule is CCOc1ccc(N2C(=O)/C(=C\c3cc4c(cc3OC)N(C)C(C)(C)C=C4C)C(=O)NC2=S)cc1. The van der Waals surface area contributed by atoms with Crippen molar-refractivity contribution in [1.29, 1.82) is 0 Å². The number of methoxy groups -OCH3 is 1. The highest BCUT2D eigenvalue weighted by atomic mass is 32.1. The average Bonchev–Trinajstić information content (AvgIpc) is 2.81. The van der Waals surface area contributed by atoms with Gasteiger partial charge in [-0.25, -0.2) is 0 Å². The van der Waals surface area contributed by atoms with E-state index >= 15 is 0 Å². The molecular formula is C27H29N3O4S. The van der Waals surface area contributed by atoms with Crippen molar-refractivity contribution in [3.05, 3.63) is 59.2 Å². The molecule has 4 rings (SSSR count). The molecule has 0 aliphatic carbocycles. The number of hydrogen-bond donors (Lipinski definition) is 1. The lowest BCUT2D eigenvalue weighted by atomic mass is 9.88. The fraction of sp³-hybridized carbons (Fsp3) is 0.296. The van der Waals surface area contributed by atoms with Crippen molar-refractivity contribution in [2.24, 2.45) is 0 Å². The molecule has 0 aromatic heterocycles. The van der Waals surface area contributed by atoms with E-state index in [9.17, 15) is 9.59 Å². The molecule has 7 nitrogen and oxygen atoms in total. The Kier molecular flexibility index (Phi) is 6.42. The normalized spacial score (nSPS) is 18.3. The maximum Gasteiger partial charge on any atom is 0.270 e. The molecule has 1 fully saturated rings. The Morgan fingerprint density at radius 1 is 1.14 bits per heavy atom. The lowest BCUT2D eigenvalue weighted by Crippen LogP contribution is -2.54. The Morgan fingerprint density at radius 3 is 2.46 bits per heavy atom. The number of carbonyl (C=O) groups is 2. The molecule has 2 aromatic carbocycles. The molecule has 182 valence electrons. The van der Waals surface area contributed by atoms with Crippen LogP contribution in [0.1, 0.15) is 38.8 Å². The molecular weight excluding hydrogens is 462 g/mol. The minimum atomic E-state index is -0.549. The van der Waals surface area contributed by atoms with Crippen LogP contribution in [-0.4, -0.2) is 43.2 Å². The molecule has 1 N–H and O–H groups in total. The molecule has 0 bridgehead atoms. The van der Waals surface area contributed by atoms with E-state index in [-0.39, 0.29) is 16.2 Å². The second-order valence-electron chi connectivity index (χ2n) is 9.04. The highest BCUT2D eigenvalue weighted by Crippen LogP contribution is 2.42. The van der Waals surface area contributed by atoms with Crippen LogP contribution >= 0.6 is 12.2 Å². The van der Waals surface area contributed by atoms with Crippen LogP contribution in [0.4, 0.5) is 11.4 Å². The lowest BCUT2D eigenvalue weighted by Gasteiger charge is -2.41. The third-order valence-electron chi connectivity index (χ3n) is 6.38. The Labute approximate surface area is 211 Å². The number of anilines is 2. The molecule has 8 heteroatoms. The van der Waals surface area contributed by atoms with Gasteiger partial charge in [0.15, 0.2) is 5.11 Å². The molecule has 2 heterocycles. The van der Waals surface area contributed by atoms with Gasteiger partial charge in [-0.1, -0.05) is 6.08 Å². The van der Waals surface area contributed by atoms with Gasteiger partial charge in [-0.05, 0) is 81.9 Å². The number of fused-ring (bicyclic) bond motifs is 1. The number of ether oxygens (including phenoxy) is 2. The Bertz CT molecular complexity index is 1280. The van der Waals surface area contributed by atoms with Gasteiger partial charge in [-0.2, -0.15) is 0 Å². The van der Waals surface area contributed by atoms with Crippen LogP contribution in [0.5, 0.6) is 11.5 Å². The maximum atomic E-state index is 13.5. The predicted molar refractivity (Wildman–Crippen MR) is 143 cm³/mol. The third kappa shape index (κ3) is 4.41. The molecule has 1 saturated heterocycles. The van der Waals surface area contributed by atoms with E-state index in [0.29, 0.717) is 29.4 Å². The minimum Gasteiger partial charge on any atom is -0.496 e. The van der Waals surface area contributed by atoms with Gasteiger partial charge >= 0.3 is 0 Å². The molecule has 0 radical (unpaired) electrons. The molecule has 0 saturated carbocycles. The Morgan fingerprint density at radius 2 is 1.83 bits per heavy atom. The predicted octanol–water partition coefficient (Wildman–Crippen LogP) is 4.56. The maximum absolute atomic E-state index is 13.5. The summed E-state index contributed by atoms with van der Waals surface area (Å²) < 4.78 is 11.1. The Balaban J connectivity index is 1.77. The average molecular weight is 492 g/mol. The number of allylic oxidation sites excluding steroid dienone is 1. The fourth-order valence-electron chi connectivity index (χ4n) is 4.39. The van der Waals surface area contributed by atoms with Crippen molar-refractivity contribution in [3.63, 3.8) is 0 Å². The number of rotatable bonds is 5. The summed E-state index contributed by atoms with van der Waals surface area (Å²) in [5.74, 6) is 0.192. The van der Waals surface area contributed by atoms with Gasteiger partial charge in [-0.3, -0.25) is 19.8 Å². The molecule has 2 aliphatic rings. The van der Waals surface area contributed by atoms with Gasteiger partial charge in [0.05, 0.1) is 24.9 Å². The van der Waals surface area contributed by atoms with E-state index in [0.717, 1.165) is 16.8 Å². The first-order valence-electron chi connectivity index (χ1n) is 11.4. The van der Waals surface area contributed by atoms with Crippen molar-refractivity contribution < 1.29 is 19.1 Å². The van der Waals surface area contributed by atoms with Crippen LogP contribution in [-0.2, 0) is 9.59 Å². The van der Waals surface area contributed by atoms with E-state index in [1.54, 1.807) is 37.5 Å². The van der Waals surface area contributed by atoms with Crippen molar-refractivity contribution in [2.75, 3.05) is 30.6 Å². The van der Waals surface area contributed by atoms with Gasteiger partial charge in [0.1, 0.15) is 17.1 Å². The van der Waals surface area contributed by atoms with Crippen molar-refractivity contribution in [3.8, 4) is 11.5 Å². The van der Waals surface area contributed by atoms with Gasteiger partial charge < -0.3 is 14.4 Å². The van der Waals surface area contributed by atoms with E-state index in [1.165, 1.54) is 4.90 Å². The second kappa shape index (κ2) is 9.19. The molecule has 0 spiro atoms. The van der Waals surface area contributed by atoms with E-state index in [4.69, 9.17) is 21.7 Å². The van der Waals surface area contributed by atoms with E-state index in [2.05, 4.69) is 37.1 Å². The van der Waals surface area contributed by atoms with Gasteiger partial charge in [-0.15, -0.1) is 0 Å². The molecule has 2 aliphatic heterocycles. The van der Waals surface area contributed by atoms with Crippen LogP contribution in [0.3, 0.4) is 0 Å². The summed E-state index contributed by atoms with van der Waals surface area (Å²) in [4.78, 5) is 29.8. The quantitative estimate of drug-likeness (QED) is 0.376. The summed E-state index contributed by atoms with van der Waals surface area (Å²) in [7, 11) is 3.61. The summed E-state index contributed by atoms with van der Waals surface area (Å²) >= 11 is 5.32. The van der Waals surface area contributed by atoms with Crippen LogP contribution in [0.25, 0.3) is 11.6 Å². The number of likely N-dealkylation sites (N-methyl/N-ethyl adjacent to an activating group) is 1. The van der Waals surface area contributed by atoms with Crippen molar-refractivity contribution in [1.82, 2.24) is 5.32 Å². The molecule has 35 heavy (non-hydrogen) atoms. The number of nitrogens with one attached hydrogen (secondary N) is 1. The first-order chi connectivity index (χ1) is 16.6. The van der Waals surface area contributed by atoms with E-state index < -0.39 is 11.8 Å². The topological polar surface area (TPSA) is 71.1 Å². The van der Waals surface area contributed by atoms with Crippen LogP contribution in [0.2, 0.25) is 0 Å². The van der Waals surface area contributed by atoms with Crippen molar-refractivity contribution >= 4 is 52.2 Å². The Hall–Kier alpha value is -3.65. The van der Waals surface area contributed by atoms with Gasteiger partial charge in [0, 0.05) is 29.9 Å². The first-order valence-corrected chi connectivity index (χ1v) is 11.8. The number of thiocarbonyl (C=S) groups is 1. The summed E-state index contributed by atoms with van der Waals surface area (Å²) in [6.45, 7) is 8.78. The number of benzene rings is 2. The number of carbonyl (C=O) groups excluding carboxylic acids is 2. The lowest BCUT2D eigenvalue weighted by molar-refractivity contribution is -0.122. The fourth-order valence-corrected chi connectivity index (χ4v) is 4.67. The largest absolute Gasteiger partial charge is 0.496 e. The monoisotopic (exact) mass is 491 g/mol. The molecule has 2 amide bonds. The number of nitrogens with zero attached hydrogens (tertiary/aromatic N) is 2. The second-order valence-corrected chi connectivity index (χ2v) is 9.42. The van der Waals surface area contributed by atoms with Crippen LogP contribution in [0.15, 0.2) is 48.0 Å². The molecule has 2 aromatic rings. The zero-order chi connectivity index (χ0) is 25.5. The summed E-state index contributed by atoms with van der Waals surface area (Å²) in [5.41, 5.74) is 4.13. The number of amides is 2. The number of hydrogen-bond acceptors (Lipinski definition) is 6. The summed E-state index contributed by atoms with van der Waals surface area (Å²) in [6, 6.07) is 10.9.